The van der Waals surface area contributed by atoms with E-state index in [1.54, 1.807) is 13.8 Å². The van der Waals surface area contributed by atoms with Crippen molar-refractivity contribution in [2.24, 2.45) is 0 Å². The Labute approximate surface area is 130 Å². The van der Waals surface area contributed by atoms with Crippen LogP contribution in [0.15, 0.2) is 0 Å². The van der Waals surface area contributed by atoms with Gasteiger partial charge in [-0.3, -0.25) is 9.59 Å². The lowest BCUT2D eigenvalue weighted by Crippen LogP contribution is -2.59. The number of amides is 2. The second-order valence-corrected chi connectivity index (χ2v) is 7.56. The highest BCUT2D eigenvalue weighted by Crippen LogP contribution is 2.24. The van der Waals surface area contributed by atoms with Gasteiger partial charge in [0.2, 0.25) is 5.91 Å². The van der Waals surface area contributed by atoms with Crippen LogP contribution < -0.4 is 5.32 Å². The van der Waals surface area contributed by atoms with Crippen molar-refractivity contribution in [3.05, 3.63) is 0 Å². The number of carbonyl (C=O) groups excluding carboxylic acids is 3. The number of aldehydes is 1. The number of halogens is 1. The van der Waals surface area contributed by atoms with Gasteiger partial charge in [0, 0.05) is 11.3 Å². The van der Waals surface area contributed by atoms with E-state index < -0.39 is 34.3 Å². The standard InChI is InChI=1S/C14H23FN2O3S/c1-13(2,15)12(20)16-10(14(3,4)21)11(19)17-7-5-6-9(17)8-18/h8-10,21H,5-7H2,1-4H3,(H,16,20)/t9-,10+/m0/s1. The molecule has 0 bridgehead atoms. The number of nitrogens with one attached hydrogen (secondary N) is 1. The summed E-state index contributed by atoms with van der Waals surface area (Å²) < 4.78 is 12.8. The summed E-state index contributed by atoms with van der Waals surface area (Å²) in [6, 6.07) is -1.48. The van der Waals surface area contributed by atoms with Gasteiger partial charge < -0.3 is 15.0 Å². The van der Waals surface area contributed by atoms with E-state index in [1.807, 2.05) is 0 Å². The molecule has 0 aromatic heterocycles. The third-order valence-electron chi connectivity index (χ3n) is 3.51. The normalized spacial score (nSPS) is 21.0. The van der Waals surface area contributed by atoms with Crippen LogP contribution in [0.4, 0.5) is 4.39 Å². The number of thiol groups is 1. The second kappa shape index (κ2) is 6.34. The van der Waals surface area contributed by atoms with E-state index in [2.05, 4.69) is 17.9 Å². The number of nitrogens with zero attached hydrogens (tertiary/aromatic N) is 1. The van der Waals surface area contributed by atoms with Gasteiger partial charge in [-0.2, -0.15) is 12.6 Å². The van der Waals surface area contributed by atoms with Gasteiger partial charge in [0.1, 0.15) is 12.3 Å². The molecule has 1 fully saturated rings. The molecule has 1 aliphatic heterocycles. The molecule has 2 atom stereocenters. The van der Waals surface area contributed by atoms with E-state index in [0.29, 0.717) is 13.0 Å². The van der Waals surface area contributed by atoms with Gasteiger partial charge in [-0.25, -0.2) is 4.39 Å². The summed E-state index contributed by atoms with van der Waals surface area (Å²) in [6.45, 7) is 6.03. The van der Waals surface area contributed by atoms with E-state index >= 15 is 0 Å². The van der Waals surface area contributed by atoms with E-state index in [0.717, 1.165) is 26.6 Å². The largest absolute Gasteiger partial charge is 0.340 e. The Kier molecular flexibility index (Phi) is 5.41. The maximum atomic E-state index is 13.7. The van der Waals surface area contributed by atoms with Crippen molar-refractivity contribution in [3.8, 4) is 0 Å². The first-order valence-corrected chi connectivity index (χ1v) is 7.41. The van der Waals surface area contributed by atoms with Crippen molar-refractivity contribution in [2.45, 2.75) is 63.0 Å². The molecule has 1 aliphatic rings. The highest BCUT2D eigenvalue weighted by Gasteiger charge is 2.42. The van der Waals surface area contributed by atoms with Crippen molar-refractivity contribution in [2.75, 3.05) is 6.54 Å². The molecule has 21 heavy (non-hydrogen) atoms. The fourth-order valence-corrected chi connectivity index (χ4v) is 2.39. The Morgan fingerprint density at radius 2 is 1.95 bits per heavy atom. The molecule has 0 unspecified atom stereocenters. The van der Waals surface area contributed by atoms with Crippen LogP contribution >= 0.6 is 12.6 Å². The van der Waals surface area contributed by atoms with Crippen molar-refractivity contribution in [1.29, 1.82) is 0 Å². The fraction of sp³-hybridized carbons (Fsp3) is 0.786. The van der Waals surface area contributed by atoms with Crippen molar-refractivity contribution in [1.82, 2.24) is 10.2 Å². The van der Waals surface area contributed by atoms with Gasteiger partial charge in [-0.1, -0.05) is 0 Å². The molecule has 1 heterocycles. The SMILES string of the molecule is CC(C)(F)C(=O)N[C@H](C(=O)N1CCC[C@H]1C=O)C(C)(C)S. The topological polar surface area (TPSA) is 66.5 Å². The van der Waals surface area contributed by atoms with Crippen LogP contribution in [0.5, 0.6) is 0 Å². The van der Waals surface area contributed by atoms with Crippen LogP contribution in [-0.4, -0.2) is 52.0 Å². The molecule has 0 aromatic rings. The van der Waals surface area contributed by atoms with E-state index in [4.69, 9.17) is 0 Å². The molecule has 120 valence electrons. The van der Waals surface area contributed by atoms with E-state index in [-0.39, 0.29) is 0 Å². The quantitative estimate of drug-likeness (QED) is 0.590. The molecule has 0 aliphatic carbocycles. The predicted octanol–water partition coefficient (Wildman–Crippen LogP) is 1.12. The molecule has 5 nitrogen and oxygen atoms in total. The molecule has 1 rings (SSSR count). The minimum atomic E-state index is -2.09. The molecular formula is C14H23FN2O3S. The zero-order valence-corrected chi connectivity index (χ0v) is 13.7. The Morgan fingerprint density at radius 1 is 1.38 bits per heavy atom. The molecule has 1 N–H and O–H groups in total. The maximum Gasteiger partial charge on any atom is 0.257 e. The lowest BCUT2D eigenvalue weighted by Gasteiger charge is -2.35. The van der Waals surface area contributed by atoms with Crippen LogP contribution in [0.25, 0.3) is 0 Å². The molecule has 2 amide bonds. The van der Waals surface area contributed by atoms with Gasteiger partial charge in [0.05, 0.1) is 6.04 Å². The summed E-state index contributed by atoms with van der Waals surface area (Å²) in [7, 11) is 0. The average molecular weight is 318 g/mol. The summed E-state index contributed by atoms with van der Waals surface area (Å²) in [4.78, 5) is 36.9. The minimum absolute atomic E-state index is 0.401. The number of hydrogen-bond acceptors (Lipinski definition) is 4. The fourth-order valence-electron chi connectivity index (χ4n) is 2.22. The van der Waals surface area contributed by atoms with Crippen LogP contribution in [0.3, 0.4) is 0 Å². The Balaban J connectivity index is 2.96. The number of alkyl halides is 1. The highest BCUT2D eigenvalue weighted by atomic mass is 32.1. The van der Waals surface area contributed by atoms with Crippen molar-refractivity contribution >= 4 is 30.7 Å². The Morgan fingerprint density at radius 3 is 2.38 bits per heavy atom. The van der Waals surface area contributed by atoms with Gasteiger partial charge in [0.25, 0.3) is 5.91 Å². The van der Waals surface area contributed by atoms with Gasteiger partial charge in [-0.15, -0.1) is 0 Å². The smallest absolute Gasteiger partial charge is 0.257 e. The molecular weight excluding hydrogens is 295 g/mol. The molecule has 0 saturated carbocycles. The first-order valence-electron chi connectivity index (χ1n) is 6.96. The third kappa shape index (κ3) is 4.43. The van der Waals surface area contributed by atoms with Crippen LogP contribution in [0, 0.1) is 0 Å². The lowest BCUT2D eigenvalue weighted by atomic mass is 9.99. The molecule has 0 aromatic carbocycles. The van der Waals surface area contributed by atoms with Gasteiger partial charge >= 0.3 is 0 Å². The summed E-state index contributed by atoms with van der Waals surface area (Å²) in [5.41, 5.74) is -2.09. The zero-order valence-electron chi connectivity index (χ0n) is 12.9. The van der Waals surface area contributed by atoms with Gasteiger partial charge in [-0.05, 0) is 40.5 Å². The minimum Gasteiger partial charge on any atom is -0.340 e. The summed E-state index contributed by atoms with van der Waals surface area (Å²) >= 11 is 4.34. The van der Waals surface area contributed by atoms with Crippen LogP contribution in [0.1, 0.15) is 40.5 Å². The van der Waals surface area contributed by atoms with E-state index in [9.17, 15) is 18.8 Å². The molecule has 1 saturated heterocycles. The molecule has 7 heteroatoms. The van der Waals surface area contributed by atoms with Crippen LogP contribution in [0.2, 0.25) is 0 Å². The first kappa shape index (κ1) is 17.9. The average Bonchev–Trinajstić information content (AvgIpc) is 2.80. The van der Waals surface area contributed by atoms with Gasteiger partial charge in [0.15, 0.2) is 5.67 Å². The van der Waals surface area contributed by atoms with Crippen molar-refractivity contribution in [3.63, 3.8) is 0 Å². The number of likely N-dealkylation sites (tertiary alicyclic amines) is 1. The maximum absolute atomic E-state index is 13.7. The summed E-state index contributed by atoms with van der Waals surface area (Å²) in [6.07, 6.45) is 2.07. The zero-order chi connectivity index (χ0) is 16.4. The van der Waals surface area contributed by atoms with Crippen LogP contribution in [-0.2, 0) is 14.4 Å². The Hall–Kier alpha value is -1.11. The molecule has 0 radical (unpaired) electrons. The molecule has 0 spiro atoms. The Bertz CT molecular complexity index is 429. The monoisotopic (exact) mass is 318 g/mol. The highest BCUT2D eigenvalue weighted by molar-refractivity contribution is 7.81. The second-order valence-electron chi connectivity index (χ2n) is 6.41. The summed E-state index contributed by atoms with van der Waals surface area (Å²) in [5, 5.41) is 2.42. The first-order chi connectivity index (χ1) is 9.48. The van der Waals surface area contributed by atoms with Crippen molar-refractivity contribution < 1.29 is 18.8 Å². The summed E-state index contributed by atoms with van der Waals surface area (Å²) in [5.74, 6) is -1.27. The number of carbonyl (C=O) groups is 3. The number of hydrogen-bond donors (Lipinski definition) is 2. The number of rotatable bonds is 5. The lowest BCUT2D eigenvalue weighted by molar-refractivity contribution is -0.141. The predicted molar refractivity (Wildman–Crippen MR) is 81.0 cm³/mol. The van der Waals surface area contributed by atoms with E-state index in [1.165, 1.54) is 4.90 Å². The third-order valence-corrected chi connectivity index (χ3v) is 3.77.